The molecule has 0 aromatic heterocycles. The Bertz CT molecular complexity index is 349. The van der Waals surface area contributed by atoms with Crippen molar-refractivity contribution in [2.45, 2.75) is 38.4 Å². The summed E-state index contributed by atoms with van der Waals surface area (Å²) in [6, 6.07) is 10.3. The third kappa shape index (κ3) is 2.87. The van der Waals surface area contributed by atoms with Gasteiger partial charge in [-0.1, -0.05) is 43.2 Å². The summed E-state index contributed by atoms with van der Waals surface area (Å²) < 4.78 is 5.93. The Morgan fingerprint density at radius 1 is 1.19 bits per heavy atom. The Balaban J connectivity index is 1.87. The largest absolute Gasteiger partial charge is 0.372 e. The van der Waals surface area contributed by atoms with Crippen molar-refractivity contribution < 1.29 is 4.74 Å². The molecule has 84 valence electrons. The third-order valence-electron chi connectivity index (χ3n) is 3.22. The summed E-state index contributed by atoms with van der Waals surface area (Å²) in [7, 11) is 0. The molecule has 2 unspecified atom stereocenters. The minimum absolute atomic E-state index is 0.263. The van der Waals surface area contributed by atoms with Crippen LogP contribution in [-0.2, 0) is 11.3 Å². The zero-order valence-corrected chi connectivity index (χ0v) is 9.56. The molecule has 0 N–H and O–H groups in total. The van der Waals surface area contributed by atoms with Crippen molar-refractivity contribution in [1.29, 1.82) is 0 Å². The topological polar surface area (TPSA) is 9.23 Å². The fourth-order valence-corrected chi connectivity index (χ4v) is 2.26. The number of ether oxygens (including phenoxy) is 1. The standard InChI is InChI=1S/C15H18O/c1-2-14-10-6-7-11-15(14)16-12-13-8-4-3-5-9-13/h1,3-5,8-9,14-15H,6-7,10-12H2. The molecule has 1 aromatic carbocycles. The summed E-state index contributed by atoms with van der Waals surface area (Å²) in [6.45, 7) is 0.684. The first-order valence-corrected chi connectivity index (χ1v) is 6.02. The fourth-order valence-electron chi connectivity index (χ4n) is 2.26. The van der Waals surface area contributed by atoms with Gasteiger partial charge in [0.2, 0.25) is 0 Å². The van der Waals surface area contributed by atoms with Crippen LogP contribution in [0.25, 0.3) is 0 Å². The van der Waals surface area contributed by atoms with Crippen molar-refractivity contribution in [2.75, 3.05) is 0 Å². The molecule has 1 aliphatic carbocycles. The van der Waals surface area contributed by atoms with E-state index in [0.29, 0.717) is 12.5 Å². The van der Waals surface area contributed by atoms with Gasteiger partial charge in [0, 0.05) is 5.92 Å². The van der Waals surface area contributed by atoms with Gasteiger partial charge < -0.3 is 4.74 Å². The first-order valence-electron chi connectivity index (χ1n) is 6.02. The number of rotatable bonds is 3. The molecule has 2 rings (SSSR count). The molecule has 1 aromatic rings. The molecule has 0 spiro atoms. The van der Waals surface area contributed by atoms with E-state index in [1.165, 1.54) is 18.4 Å². The van der Waals surface area contributed by atoms with Crippen LogP contribution >= 0.6 is 0 Å². The van der Waals surface area contributed by atoms with E-state index in [9.17, 15) is 0 Å². The molecule has 1 saturated carbocycles. The molecule has 16 heavy (non-hydrogen) atoms. The lowest BCUT2D eigenvalue weighted by molar-refractivity contribution is -0.00434. The summed E-state index contributed by atoms with van der Waals surface area (Å²) in [5, 5.41) is 0. The Kier molecular flexibility index (Phi) is 4.02. The molecule has 1 nitrogen and oxygen atoms in total. The average Bonchev–Trinajstić information content (AvgIpc) is 2.38. The highest BCUT2D eigenvalue weighted by molar-refractivity contribution is 5.13. The van der Waals surface area contributed by atoms with Gasteiger partial charge in [-0.25, -0.2) is 0 Å². The molecule has 0 saturated heterocycles. The van der Waals surface area contributed by atoms with Crippen LogP contribution < -0.4 is 0 Å². The first kappa shape index (κ1) is 11.2. The van der Waals surface area contributed by atoms with Gasteiger partial charge in [-0.2, -0.15) is 0 Å². The van der Waals surface area contributed by atoms with E-state index in [1.54, 1.807) is 0 Å². The number of hydrogen-bond donors (Lipinski definition) is 0. The van der Waals surface area contributed by atoms with E-state index in [0.717, 1.165) is 12.8 Å². The minimum Gasteiger partial charge on any atom is -0.372 e. The van der Waals surface area contributed by atoms with Gasteiger partial charge in [-0.3, -0.25) is 0 Å². The molecule has 1 heteroatoms. The molecule has 1 fully saturated rings. The number of hydrogen-bond acceptors (Lipinski definition) is 1. The highest BCUT2D eigenvalue weighted by atomic mass is 16.5. The van der Waals surface area contributed by atoms with Crippen LogP contribution in [0.1, 0.15) is 31.2 Å². The Hall–Kier alpha value is -1.26. The van der Waals surface area contributed by atoms with E-state index >= 15 is 0 Å². The monoisotopic (exact) mass is 214 g/mol. The maximum atomic E-state index is 5.93. The van der Waals surface area contributed by atoms with Gasteiger partial charge >= 0.3 is 0 Å². The van der Waals surface area contributed by atoms with Gasteiger partial charge in [-0.15, -0.1) is 12.3 Å². The molecular weight excluding hydrogens is 196 g/mol. The molecule has 0 radical (unpaired) electrons. The quantitative estimate of drug-likeness (QED) is 0.701. The van der Waals surface area contributed by atoms with E-state index in [-0.39, 0.29) is 6.10 Å². The van der Waals surface area contributed by atoms with E-state index in [4.69, 9.17) is 11.2 Å². The van der Waals surface area contributed by atoms with Gasteiger partial charge in [0.05, 0.1) is 12.7 Å². The Morgan fingerprint density at radius 2 is 1.94 bits per heavy atom. The minimum atomic E-state index is 0.263. The summed E-state index contributed by atoms with van der Waals surface area (Å²) in [6.07, 6.45) is 10.5. The van der Waals surface area contributed by atoms with Gasteiger partial charge in [-0.05, 0) is 18.4 Å². The SMILES string of the molecule is C#CC1CCCCC1OCc1ccccc1. The highest BCUT2D eigenvalue weighted by Gasteiger charge is 2.23. The normalized spacial score (nSPS) is 24.9. The van der Waals surface area contributed by atoms with Crippen molar-refractivity contribution >= 4 is 0 Å². The summed E-state index contributed by atoms with van der Waals surface area (Å²) in [5.74, 6) is 3.18. The van der Waals surface area contributed by atoms with Gasteiger partial charge in [0.25, 0.3) is 0 Å². The Morgan fingerprint density at radius 3 is 2.69 bits per heavy atom. The van der Waals surface area contributed by atoms with Crippen LogP contribution in [-0.4, -0.2) is 6.10 Å². The van der Waals surface area contributed by atoms with Crippen LogP contribution in [0.15, 0.2) is 30.3 Å². The molecule has 0 bridgehead atoms. The zero-order valence-electron chi connectivity index (χ0n) is 9.56. The zero-order chi connectivity index (χ0) is 11.2. The van der Waals surface area contributed by atoms with E-state index < -0.39 is 0 Å². The molecular formula is C15H18O. The lowest BCUT2D eigenvalue weighted by atomic mass is 9.87. The van der Waals surface area contributed by atoms with Crippen LogP contribution in [0.4, 0.5) is 0 Å². The number of benzene rings is 1. The van der Waals surface area contributed by atoms with E-state index in [2.05, 4.69) is 18.1 Å². The van der Waals surface area contributed by atoms with Crippen LogP contribution in [0.2, 0.25) is 0 Å². The second-order valence-electron chi connectivity index (χ2n) is 4.39. The molecule has 0 heterocycles. The maximum absolute atomic E-state index is 5.93. The average molecular weight is 214 g/mol. The van der Waals surface area contributed by atoms with Crippen LogP contribution in [0, 0.1) is 18.3 Å². The predicted molar refractivity (Wildman–Crippen MR) is 65.8 cm³/mol. The smallest absolute Gasteiger partial charge is 0.0721 e. The third-order valence-corrected chi connectivity index (χ3v) is 3.22. The summed E-state index contributed by atoms with van der Waals surface area (Å²) in [4.78, 5) is 0. The van der Waals surface area contributed by atoms with Crippen LogP contribution in [0.5, 0.6) is 0 Å². The fraction of sp³-hybridized carbons (Fsp3) is 0.467. The van der Waals surface area contributed by atoms with Crippen molar-refractivity contribution in [2.24, 2.45) is 5.92 Å². The van der Waals surface area contributed by atoms with Crippen molar-refractivity contribution in [1.82, 2.24) is 0 Å². The second kappa shape index (κ2) is 5.72. The van der Waals surface area contributed by atoms with Crippen molar-refractivity contribution in [3.05, 3.63) is 35.9 Å². The van der Waals surface area contributed by atoms with E-state index in [1.807, 2.05) is 18.2 Å². The maximum Gasteiger partial charge on any atom is 0.0721 e. The van der Waals surface area contributed by atoms with Crippen LogP contribution in [0.3, 0.4) is 0 Å². The van der Waals surface area contributed by atoms with Crippen molar-refractivity contribution in [3.63, 3.8) is 0 Å². The first-order chi connectivity index (χ1) is 7.90. The molecule has 0 aliphatic heterocycles. The molecule has 1 aliphatic rings. The second-order valence-corrected chi connectivity index (χ2v) is 4.39. The highest BCUT2D eigenvalue weighted by Crippen LogP contribution is 2.26. The summed E-state index contributed by atoms with van der Waals surface area (Å²) >= 11 is 0. The van der Waals surface area contributed by atoms with Crippen molar-refractivity contribution in [3.8, 4) is 12.3 Å². The number of terminal acetylenes is 1. The molecule has 2 atom stereocenters. The lowest BCUT2D eigenvalue weighted by Crippen LogP contribution is -2.26. The molecule has 0 amide bonds. The lowest BCUT2D eigenvalue weighted by Gasteiger charge is -2.27. The van der Waals surface area contributed by atoms with Gasteiger partial charge in [0.15, 0.2) is 0 Å². The Labute approximate surface area is 97.8 Å². The predicted octanol–water partition coefficient (Wildman–Crippen LogP) is 3.40. The summed E-state index contributed by atoms with van der Waals surface area (Å²) in [5.41, 5.74) is 1.23. The van der Waals surface area contributed by atoms with Gasteiger partial charge in [0.1, 0.15) is 0 Å².